The molecule has 1 aliphatic heterocycles. The lowest BCUT2D eigenvalue weighted by Gasteiger charge is -2.33. The minimum Gasteiger partial charge on any atom is -0.340 e. The van der Waals surface area contributed by atoms with Gasteiger partial charge in [0.05, 0.1) is 0 Å². The van der Waals surface area contributed by atoms with E-state index in [1.54, 1.807) is 0 Å². The van der Waals surface area contributed by atoms with Gasteiger partial charge in [0.2, 0.25) is 5.91 Å². The van der Waals surface area contributed by atoms with E-state index in [1.807, 2.05) is 11.8 Å². The number of hydrogen-bond donors (Lipinski definition) is 1. The summed E-state index contributed by atoms with van der Waals surface area (Å²) in [6, 6.07) is 0.418. The minimum atomic E-state index is 0.211. The molecular formula is C12H20N2O. The Bertz CT molecular complexity index is 238. The van der Waals surface area contributed by atoms with Crippen LogP contribution in [0.3, 0.4) is 0 Å². The van der Waals surface area contributed by atoms with Gasteiger partial charge in [-0.05, 0) is 32.9 Å². The topological polar surface area (TPSA) is 32.3 Å². The van der Waals surface area contributed by atoms with Gasteiger partial charge in [-0.1, -0.05) is 0 Å². The van der Waals surface area contributed by atoms with E-state index in [1.165, 1.54) is 0 Å². The van der Waals surface area contributed by atoms with E-state index in [4.69, 9.17) is 6.42 Å². The molecule has 1 saturated heterocycles. The summed E-state index contributed by atoms with van der Waals surface area (Å²) in [6.07, 6.45) is 8.35. The maximum absolute atomic E-state index is 11.8. The van der Waals surface area contributed by atoms with Crippen molar-refractivity contribution in [2.24, 2.45) is 0 Å². The summed E-state index contributed by atoms with van der Waals surface area (Å²) in [7, 11) is 0. The average Bonchev–Trinajstić information content (AvgIpc) is 2.29. The molecule has 1 aliphatic rings. The number of amides is 1. The summed E-state index contributed by atoms with van der Waals surface area (Å²) in [5.41, 5.74) is 0. The van der Waals surface area contributed by atoms with Crippen LogP contribution in [0.4, 0.5) is 0 Å². The molecule has 0 bridgehead atoms. The highest BCUT2D eigenvalue weighted by molar-refractivity contribution is 5.76. The summed E-state index contributed by atoms with van der Waals surface area (Å²) >= 11 is 0. The molecule has 0 aliphatic carbocycles. The Morgan fingerprint density at radius 2 is 2.20 bits per heavy atom. The van der Waals surface area contributed by atoms with Crippen LogP contribution < -0.4 is 5.32 Å². The zero-order chi connectivity index (χ0) is 11.1. The van der Waals surface area contributed by atoms with Crippen LogP contribution in [-0.4, -0.2) is 36.5 Å². The third-order valence-corrected chi connectivity index (χ3v) is 2.89. The highest BCUT2D eigenvalue weighted by atomic mass is 16.2. The van der Waals surface area contributed by atoms with E-state index in [2.05, 4.69) is 11.2 Å². The van der Waals surface area contributed by atoms with Crippen molar-refractivity contribution in [1.82, 2.24) is 10.2 Å². The van der Waals surface area contributed by atoms with Crippen molar-refractivity contribution in [3.05, 3.63) is 0 Å². The van der Waals surface area contributed by atoms with E-state index < -0.39 is 0 Å². The van der Waals surface area contributed by atoms with Crippen molar-refractivity contribution in [2.45, 2.75) is 38.6 Å². The van der Waals surface area contributed by atoms with Crippen LogP contribution >= 0.6 is 0 Å². The lowest BCUT2D eigenvalue weighted by Crippen LogP contribution is -2.45. The largest absolute Gasteiger partial charge is 0.340 e. The van der Waals surface area contributed by atoms with Crippen LogP contribution in [0, 0.1) is 12.3 Å². The average molecular weight is 208 g/mol. The number of carbonyl (C=O) groups is 1. The fraction of sp³-hybridized carbons (Fsp3) is 0.750. The predicted molar refractivity (Wildman–Crippen MR) is 61.3 cm³/mol. The van der Waals surface area contributed by atoms with Crippen LogP contribution in [0.5, 0.6) is 0 Å². The maximum Gasteiger partial charge on any atom is 0.223 e. The number of hydrogen-bond acceptors (Lipinski definition) is 2. The highest BCUT2D eigenvalue weighted by Crippen LogP contribution is 2.13. The molecule has 0 saturated carbocycles. The normalized spacial score (nSPS) is 17.1. The Morgan fingerprint density at radius 1 is 1.53 bits per heavy atom. The maximum atomic E-state index is 11.8. The quantitative estimate of drug-likeness (QED) is 0.699. The molecule has 1 heterocycles. The Morgan fingerprint density at radius 3 is 2.73 bits per heavy atom. The Labute approximate surface area is 92.2 Å². The minimum absolute atomic E-state index is 0.211. The third kappa shape index (κ3) is 3.56. The molecule has 15 heavy (non-hydrogen) atoms. The van der Waals surface area contributed by atoms with Crippen molar-refractivity contribution in [2.75, 3.05) is 19.6 Å². The fourth-order valence-electron chi connectivity index (χ4n) is 2.08. The van der Waals surface area contributed by atoms with Gasteiger partial charge in [0.1, 0.15) is 0 Å². The van der Waals surface area contributed by atoms with Gasteiger partial charge in [-0.2, -0.15) is 0 Å². The molecule has 3 heteroatoms. The van der Waals surface area contributed by atoms with Gasteiger partial charge >= 0.3 is 0 Å². The first kappa shape index (κ1) is 12.1. The van der Waals surface area contributed by atoms with Crippen molar-refractivity contribution in [3.8, 4) is 12.3 Å². The van der Waals surface area contributed by atoms with E-state index >= 15 is 0 Å². The van der Waals surface area contributed by atoms with Crippen LogP contribution in [0.1, 0.15) is 32.6 Å². The molecule has 0 aromatic rings. The van der Waals surface area contributed by atoms with Crippen molar-refractivity contribution in [1.29, 1.82) is 0 Å². The van der Waals surface area contributed by atoms with Crippen LogP contribution in [0.25, 0.3) is 0 Å². The number of terminal acetylenes is 1. The SMILES string of the molecule is C#CCCC(=O)N(CC)C1CCNCC1. The molecular weight excluding hydrogens is 188 g/mol. The summed E-state index contributed by atoms with van der Waals surface area (Å²) in [6.45, 7) is 4.87. The zero-order valence-corrected chi connectivity index (χ0v) is 9.46. The fourth-order valence-corrected chi connectivity index (χ4v) is 2.08. The third-order valence-electron chi connectivity index (χ3n) is 2.89. The summed E-state index contributed by atoms with van der Waals surface area (Å²) in [5.74, 6) is 2.73. The number of rotatable bonds is 4. The number of piperidine rings is 1. The zero-order valence-electron chi connectivity index (χ0n) is 9.46. The van der Waals surface area contributed by atoms with Gasteiger partial charge in [0.25, 0.3) is 0 Å². The molecule has 1 rings (SSSR count). The molecule has 1 fully saturated rings. The second-order valence-corrected chi connectivity index (χ2v) is 3.87. The number of carbonyl (C=O) groups excluding carboxylic acids is 1. The summed E-state index contributed by atoms with van der Waals surface area (Å²) in [5, 5.41) is 3.31. The van der Waals surface area contributed by atoms with Gasteiger partial charge in [-0.15, -0.1) is 12.3 Å². The molecule has 0 aromatic carbocycles. The molecule has 84 valence electrons. The predicted octanol–water partition coefficient (Wildman–Crippen LogP) is 1.00. The van der Waals surface area contributed by atoms with Crippen LogP contribution in [0.15, 0.2) is 0 Å². The smallest absolute Gasteiger partial charge is 0.223 e. The van der Waals surface area contributed by atoms with Gasteiger partial charge < -0.3 is 10.2 Å². The number of nitrogens with zero attached hydrogens (tertiary/aromatic N) is 1. The Hall–Kier alpha value is -1.01. The standard InChI is InChI=1S/C12H20N2O/c1-3-5-6-12(15)14(4-2)11-7-9-13-10-8-11/h1,11,13H,4-10H2,2H3. The van der Waals surface area contributed by atoms with Crippen LogP contribution in [-0.2, 0) is 4.79 Å². The molecule has 1 N–H and O–H groups in total. The van der Waals surface area contributed by atoms with Crippen molar-refractivity contribution >= 4 is 5.91 Å². The first-order valence-electron chi connectivity index (χ1n) is 5.73. The van der Waals surface area contributed by atoms with E-state index in [0.29, 0.717) is 18.9 Å². The van der Waals surface area contributed by atoms with Gasteiger partial charge in [0.15, 0.2) is 0 Å². The molecule has 1 amide bonds. The molecule has 0 radical (unpaired) electrons. The second-order valence-electron chi connectivity index (χ2n) is 3.87. The number of nitrogens with one attached hydrogen (secondary N) is 1. The van der Waals surface area contributed by atoms with E-state index in [9.17, 15) is 4.79 Å². The van der Waals surface area contributed by atoms with E-state index in [-0.39, 0.29) is 5.91 Å². The molecule has 0 aromatic heterocycles. The van der Waals surface area contributed by atoms with Gasteiger partial charge in [-0.25, -0.2) is 0 Å². The highest BCUT2D eigenvalue weighted by Gasteiger charge is 2.23. The monoisotopic (exact) mass is 208 g/mol. The lowest BCUT2D eigenvalue weighted by atomic mass is 10.0. The second kappa shape index (κ2) is 6.47. The molecule has 0 spiro atoms. The Balaban J connectivity index is 2.46. The summed E-state index contributed by atoms with van der Waals surface area (Å²) < 4.78 is 0. The Kier molecular flexibility index (Phi) is 5.20. The van der Waals surface area contributed by atoms with Gasteiger partial charge in [0, 0.05) is 25.4 Å². The summed E-state index contributed by atoms with van der Waals surface area (Å²) in [4.78, 5) is 13.8. The lowest BCUT2D eigenvalue weighted by molar-refractivity contribution is -0.133. The van der Waals surface area contributed by atoms with Gasteiger partial charge in [-0.3, -0.25) is 4.79 Å². The first-order chi connectivity index (χ1) is 7.29. The molecule has 3 nitrogen and oxygen atoms in total. The van der Waals surface area contributed by atoms with Crippen LogP contribution in [0.2, 0.25) is 0 Å². The van der Waals surface area contributed by atoms with Crippen molar-refractivity contribution in [3.63, 3.8) is 0 Å². The molecule has 0 unspecified atom stereocenters. The molecule has 0 atom stereocenters. The van der Waals surface area contributed by atoms with E-state index in [0.717, 1.165) is 32.5 Å². The first-order valence-corrected chi connectivity index (χ1v) is 5.73. The van der Waals surface area contributed by atoms with Crippen molar-refractivity contribution < 1.29 is 4.79 Å².